The number of hydrogen-bond acceptors (Lipinski definition) is 8. The van der Waals surface area contributed by atoms with Crippen molar-refractivity contribution in [2.24, 2.45) is 0 Å². The van der Waals surface area contributed by atoms with Gasteiger partial charge >= 0.3 is 5.97 Å². The van der Waals surface area contributed by atoms with Gasteiger partial charge in [-0.25, -0.2) is 4.79 Å². The lowest BCUT2D eigenvalue weighted by atomic mass is 10.1. The molecule has 1 aromatic rings. The molecule has 1 fully saturated rings. The fraction of sp³-hybridized carbons (Fsp3) is 0.533. The summed E-state index contributed by atoms with van der Waals surface area (Å²) in [5.74, 6) is -0.576. The maximum Gasteiger partial charge on any atom is 0.338 e. The van der Waals surface area contributed by atoms with Crippen LogP contribution >= 0.6 is 0 Å². The topological polar surface area (TPSA) is 126 Å². The third kappa shape index (κ3) is 4.71. The quantitative estimate of drug-likeness (QED) is 0.473. The number of carbonyl (C=O) groups is 1. The van der Waals surface area contributed by atoms with Gasteiger partial charge < -0.3 is 34.6 Å². The zero-order chi connectivity index (χ0) is 16.8. The van der Waals surface area contributed by atoms with Crippen molar-refractivity contribution < 1.29 is 39.4 Å². The van der Waals surface area contributed by atoms with E-state index >= 15 is 0 Å². The summed E-state index contributed by atoms with van der Waals surface area (Å²) in [7, 11) is 0. The number of ether oxygens (including phenoxy) is 3. The summed E-state index contributed by atoms with van der Waals surface area (Å²) >= 11 is 0. The van der Waals surface area contributed by atoms with E-state index in [0.717, 1.165) is 0 Å². The van der Waals surface area contributed by atoms with E-state index in [-0.39, 0.29) is 13.2 Å². The van der Waals surface area contributed by atoms with E-state index in [9.17, 15) is 25.2 Å². The van der Waals surface area contributed by atoms with Crippen LogP contribution in [-0.2, 0) is 14.2 Å². The molecule has 0 aliphatic carbocycles. The van der Waals surface area contributed by atoms with Gasteiger partial charge in [-0.15, -0.1) is 0 Å². The third-order valence-electron chi connectivity index (χ3n) is 3.39. The van der Waals surface area contributed by atoms with Gasteiger partial charge in [0, 0.05) is 0 Å². The minimum Gasteiger partial charge on any atom is -0.459 e. The number of rotatable bonds is 6. The molecule has 128 valence electrons. The Kier molecular flexibility index (Phi) is 6.46. The van der Waals surface area contributed by atoms with Gasteiger partial charge in [-0.2, -0.15) is 0 Å². The SMILES string of the molecule is O=C(OCC(CO)O[C@@H]1OC[C@H](O)[C@H](O)[C@H]1O)c1ccccc1. The van der Waals surface area contributed by atoms with Crippen molar-refractivity contribution in [1.82, 2.24) is 0 Å². The molecule has 0 radical (unpaired) electrons. The van der Waals surface area contributed by atoms with Crippen molar-refractivity contribution >= 4 is 5.97 Å². The molecular formula is C15H20O8. The first-order chi connectivity index (χ1) is 11.0. The fourth-order valence-electron chi connectivity index (χ4n) is 2.05. The molecule has 0 aromatic heterocycles. The van der Waals surface area contributed by atoms with E-state index in [1.807, 2.05) is 0 Å². The highest BCUT2D eigenvalue weighted by atomic mass is 16.7. The smallest absolute Gasteiger partial charge is 0.338 e. The van der Waals surface area contributed by atoms with E-state index in [1.165, 1.54) is 0 Å². The van der Waals surface area contributed by atoms with Gasteiger partial charge in [-0.3, -0.25) is 0 Å². The average molecular weight is 328 g/mol. The molecular weight excluding hydrogens is 308 g/mol. The Labute approximate surface area is 132 Å². The van der Waals surface area contributed by atoms with Crippen molar-refractivity contribution in [2.45, 2.75) is 30.7 Å². The van der Waals surface area contributed by atoms with Crippen LogP contribution in [0.4, 0.5) is 0 Å². The summed E-state index contributed by atoms with van der Waals surface area (Å²) in [6.45, 7) is -0.951. The van der Waals surface area contributed by atoms with Crippen molar-refractivity contribution in [3.05, 3.63) is 35.9 Å². The molecule has 4 N–H and O–H groups in total. The van der Waals surface area contributed by atoms with Crippen LogP contribution in [0.2, 0.25) is 0 Å². The van der Waals surface area contributed by atoms with Gasteiger partial charge in [-0.1, -0.05) is 18.2 Å². The van der Waals surface area contributed by atoms with Crippen molar-refractivity contribution in [1.29, 1.82) is 0 Å². The number of aliphatic hydroxyl groups excluding tert-OH is 4. The average Bonchev–Trinajstić information content (AvgIpc) is 2.59. The van der Waals surface area contributed by atoms with Gasteiger partial charge in [0.15, 0.2) is 6.29 Å². The summed E-state index contributed by atoms with van der Waals surface area (Å²) in [6, 6.07) is 8.31. The molecule has 1 aliphatic heterocycles. The zero-order valence-electron chi connectivity index (χ0n) is 12.3. The first kappa shape index (κ1) is 17.8. The second-order valence-corrected chi connectivity index (χ2v) is 5.16. The first-order valence-corrected chi connectivity index (χ1v) is 7.17. The molecule has 1 aliphatic rings. The molecule has 2 rings (SSSR count). The Bertz CT molecular complexity index is 494. The Morgan fingerprint density at radius 1 is 1.22 bits per heavy atom. The number of benzene rings is 1. The highest BCUT2D eigenvalue weighted by molar-refractivity contribution is 5.89. The van der Waals surface area contributed by atoms with Crippen LogP contribution in [0.15, 0.2) is 30.3 Å². The van der Waals surface area contributed by atoms with Crippen LogP contribution < -0.4 is 0 Å². The predicted octanol–water partition coefficient (Wildman–Crippen LogP) is -1.34. The van der Waals surface area contributed by atoms with Gasteiger partial charge in [0.25, 0.3) is 0 Å². The van der Waals surface area contributed by atoms with E-state index in [4.69, 9.17) is 14.2 Å². The standard InChI is InChI=1S/C15H20O8/c16-6-10(7-21-14(20)9-4-2-1-3-5-9)23-15-13(19)12(18)11(17)8-22-15/h1-5,10-13,15-19H,6-8H2/t10?,11-,12-,13+,15-/m0/s1. The summed E-state index contributed by atoms with van der Waals surface area (Å²) in [6.07, 6.45) is -6.28. The van der Waals surface area contributed by atoms with Crippen LogP contribution in [0.5, 0.6) is 0 Å². The third-order valence-corrected chi connectivity index (χ3v) is 3.39. The van der Waals surface area contributed by atoms with Crippen LogP contribution in [0.1, 0.15) is 10.4 Å². The number of hydrogen-bond donors (Lipinski definition) is 4. The largest absolute Gasteiger partial charge is 0.459 e. The highest BCUT2D eigenvalue weighted by Gasteiger charge is 2.39. The second kappa shape index (κ2) is 8.34. The molecule has 1 unspecified atom stereocenters. The van der Waals surface area contributed by atoms with Crippen molar-refractivity contribution in [3.63, 3.8) is 0 Å². The number of esters is 1. The van der Waals surface area contributed by atoms with E-state index in [1.54, 1.807) is 30.3 Å². The molecule has 1 heterocycles. The molecule has 0 saturated carbocycles. The summed E-state index contributed by atoms with van der Waals surface area (Å²) in [5, 5.41) is 37.9. The van der Waals surface area contributed by atoms with Gasteiger partial charge in [0.1, 0.15) is 31.0 Å². The van der Waals surface area contributed by atoms with Gasteiger partial charge in [0.2, 0.25) is 0 Å². The molecule has 0 bridgehead atoms. The molecule has 1 saturated heterocycles. The monoisotopic (exact) mass is 328 g/mol. The van der Waals surface area contributed by atoms with Crippen molar-refractivity contribution in [2.75, 3.05) is 19.8 Å². The molecule has 5 atom stereocenters. The Morgan fingerprint density at radius 3 is 2.57 bits per heavy atom. The van der Waals surface area contributed by atoms with E-state index in [2.05, 4.69) is 0 Å². The lowest BCUT2D eigenvalue weighted by Crippen LogP contribution is -2.55. The second-order valence-electron chi connectivity index (χ2n) is 5.16. The Hall–Kier alpha value is -1.55. The first-order valence-electron chi connectivity index (χ1n) is 7.17. The summed E-state index contributed by atoms with van der Waals surface area (Å²) in [4.78, 5) is 11.8. The van der Waals surface area contributed by atoms with Crippen LogP contribution in [-0.4, -0.2) is 76.9 Å². The molecule has 23 heavy (non-hydrogen) atoms. The molecule has 8 heteroatoms. The van der Waals surface area contributed by atoms with Gasteiger partial charge in [0.05, 0.1) is 18.8 Å². The maximum absolute atomic E-state index is 11.8. The molecule has 1 aromatic carbocycles. The van der Waals surface area contributed by atoms with Crippen LogP contribution in [0, 0.1) is 0 Å². The Morgan fingerprint density at radius 2 is 1.91 bits per heavy atom. The zero-order valence-corrected chi connectivity index (χ0v) is 12.3. The maximum atomic E-state index is 11.8. The fourth-order valence-corrected chi connectivity index (χ4v) is 2.05. The minimum atomic E-state index is -1.47. The summed E-state index contributed by atoms with van der Waals surface area (Å²) < 4.78 is 15.4. The van der Waals surface area contributed by atoms with Gasteiger partial charge in [-0.05, 0) is 12.1 Å². The minimum absolute atomic E-state index is 0.217. The lowest BCUT2D eigenvalue weighted by Gasteiger charge is -2.36. The number of aliphatic hydroxyl groups is 4. The Balaban J connectivity index is 1.85. The molecule has 0 spiro atoms. The predicted molar refractivity (Wildman–Crippen MR) is 76.4 cm³/mol. The number of carbonyl (C=O) groups excluding carboxylic acids is 1. The van der Waals surface area contributed by atoms with Crippen molar-refractivity contribution in [3.8, 4) is 0 Å². The lowest BCUT2D eigenvalue weighted by molar-refractivity contribution is -0.287. The van der Waals surface area contributed by atoms with E-state index < -0.39 is 43.3 Å². The summed E-state index contributed by atoms with van der Waals surface area (Å²) in [5.41, 5.74) is 0.358. The molecule has 0 amide bonds. The normalized spacial score (nSPS) is 29.0. The van der Waals surface area contributed by atoms with Crippen LogP contribution in [0.25, 0.3) is 0 Å². The molecule has 8 nitrogen and oxygen atoms in total. The van der Waals surface area contributed by atoms with Crippen LogP contribution in [0.3, 0.4) is 0 Å². The highest BCUT2D eigenvalue weighted by Crippen LogP contribution is 2.18. The van der Waals surface area contributed by atoms with E-state index in [0.29, 0.717) is 5.56 Å².